The highest BCUT2D eigenvalue weighted by atomic mass is 16.5. The summed E-state index contributed by atoms with van der Waals surface area (Å²) in [6.45, 7) is 1.34. The molecule has 1 fully saturated rings. The first-order valence-corrected chi connectivity index (χ1v) is 7.75. The van der Waals surface area contributed by atoms with E-state index in [9.17, 15) is 29.7 Å². The number of aromatic hydroxyl groups is 1. The highest BCUT2D eigenvalue weighted by Gasteiger charge is 2.69. The number of esters is 1. The van der Waals surface area contributed by atoms with E-state index in [2.05, 4.69) is 4.74 Å². The van der Waals surface area contributed by atoms with Gasteiger partial charge in [0.2, 0.25) is 11.6 Å². The third kappa shape index (κ3) is 2.21. The number of ether oxygens (including phenoxy) is 2. The smallest absolute Gasteiger partial charge is 0.308 e. The Morgan fingerprint density at radius 3 is 2.64 bits per heavy atom. The number of carbonyl (C=O) groups excluding carboxylic acids is 3. The summed E-state index contributed by atoms with van der Waals surface area (Å²) in [7, 11) is 1.18. The molecule has 3 rings (SSSR count). The van der Waals surface area contributed by atoms with Crippen molar-refractivity contribution in [3.63, 3.8) is 0 Å². The molecule has 8 nitrogen and oxygen atoms in total. The Balaban J connectivity index is 2.12. The third-order valence-electron chi connectivity index (χ3n) is 5.00. The van der Waals surface area contributed by atoms with E-state index in [1.165, 1.54) is 32.2 Å². The fraction of sp³-hybridized carbons (Fsp3) is 0.471. The molecule has 4 atom stereocenters. The molecule has 3 N–H and O–H groups in total. The molecular weight excluding hydrogens is 332 g/mol. The summed E-state index contributed by atoms with van der Waals surface area (Å²) in [5.41, 5.74) is -5.56. The average molecular weight is 350 g/mol. The molecule has 0 spiro atoms. The molecule has 0 bridgehead atoms. The number of phenols is 1. The molecule has 1 aromatic rings. The van der Waals surface area contributed by atoms with Crippen LogP contribution in [0.15, 0.2) is 18.2 Å². The normalized spacial score (nSPS) is 34.2. The van der Waals surface area contributed by atoms with Gasteiger partial charge < -0.3 is 24.8 Å². The van der Waals surface area contributed by atoms with E-state index < -0.39 is 53.1 Å². The first-order valence-electron chi connectivity index (χ1n) is 7.75. The largest absolute Gasteiger partial charge is 0.507 e. The molecule has 1 heterocycles. The minimum absolute atomic E-state index is 0.181. The van der Waals surface area contributed by atoms with Crippen LogP contribution in [0.5, 0.6) is 5.75 Å². The quantitative estimate of drug-likeness (QED) is 0.634. The van der Waals surface area contributed by atoms with Crippen molar-refractivity contribution in [1.82, 2.24) is 0 Å². The Labute approximate surface area is 143 Å². The third-order valence-corrected chi connectivity index (χ3v) is 5.00. The number of ketones is 2. The first kappa shape index (κ1) is 17.5. The van der Waals surface area contributed by atoms with Crippen LogP contribution in [-0.4, -0.2) is 63.4 Å². The number of hydrogen-bond donors (Lipinski definition) is 3. The SMILES string of the molecule is COC(=O)C[C@@H]1C[C@]2(O)C(=O)c3c(O)cccc3C(=O)[C@@]2(O)[C@H](C)O1. The van der Waals surface area contributed by atoms with E-state index in [0.717, 1.165) is 0 Å². The van der Waals surface area contributed by atoms with Gasteiger partial charge in [0.25, 0.3) is 0 Å². The van der Waals surface area contributed by atoms with Crippen molar-refractivity contribution < 1.29 is 39.2 Å². The number of methoxy groups -OCH3 is 1. The predicted octanol–water partition coefficient (Wildman–Crippen LogP) is -0.0261. The lowest BCUT2D eigenvalue weighted by Gasteiger charge is -2.52. The molecule has 25 heavy (non-hydrogen) atoms. The monoisotopic (exact) mass is 350 g/mol. The summed E-state index contributed by atoms with van der Waals surface area (Å²) in [6.07, 6.45) is -2.93. The van der Waals surface area contributed by atoms with Gasteiger partial charge in [-0.05, 0) is 13.0 Å². The van der Waals surface area contributed by atoms with Gasteiger partial charge in [-0.3, -0.25) is 14.4 Å². The second-order valence-electron chi connectivity index (χ2n) is 6.37. The van der Waals surface area contributed by atoms with Crippen LogP contribution in [0.3, 0.4) is 0 Å². The zero-order chi connectivity index (χ0) is 18.6. The molecule has 134 valence electrons. The van der Waals surface area contributed by atoms with Crippen molar-refractivity contribution in [1.29, 1.82) is 0 Å². The molecule has 0 unspecified atom stereocenters. The molecule has 1 aliphatic heterocycles. The fourth-order valence-corrected chi connectivity index (χ4v) is 3.66. The summed E-state index contributed by atoms with van der Waals surface area (Å²) in [6, 6.07) is 3.87. The van der Waals surface area contributed by atoms with Crippen molar-refractivity contribution in [3.8, 4) is 5.75 Å². The van der Waals surface area contributed by atoms with Gasteiger partial charge in [0.1, 0.15) is 5.75 Å². The molecule has 8 heteroatoms. The highest BCUT2D eigenvalue weighted by molar-refractivity contribution is 6.23. The van der Waals surface area contributed by atoms with Crippen molar-refractivity contribution in [2.45, 2.75) is 43.2 Å². The number of phenolic OH excluding ortho intramolecular Hbond substituents is 1. The van der Waals surface area contributed by atoms with Crippen molar-refractivity contribution in [2.24, 2.45) is 0 Å². The van der Waals surface area contributed by atoms with Crippen LogP contribution in [0.2, 0.25) is 0 Å². The Hall–Kier alpha value is -2.29. The molecule has 1 aromatic carbocycles. The maximum atomic E-state index is 12.9. The topological polar surface area (TPSA) is 130 Å². The van der Waals surface area contributed by atoms with Crippen molar-refractivity contribution in [2.75, 3.05) is 7.11 Å². The average Bonchev–Trinajstić information content (AvgIpc) is 2.56. The molecule has 1 saturated heterocycles. The lowest BCUT2D eigenvalue weighted by atomic mass is 9.61. The number of aliphatic hydroxyl groups is 2. The minimum Gasteiger partial charge on any atom is -0.507 e. The zero-order valence-corrected chi connectivity index (χ0v) is 13.7. The van der Waals surface area contributed by atoms with Crippen LogP contribution in [0.25, 0.3) is 0 Å². The number of rotatable bonds is 2. The van der Waals surface area contributed by atoms with Crippen LogP contribution in [0.1, 0.15) is 40.5 Å². The molecule has 1 aliphatic carbocycles. The highest BCUT2D eigenvalue weighted by Crippen LogP contribution is 2.48. The Morgan fingerprint density at radius 2 is 2.00 bits per heavy atom. The van der Waals surface area contributed by atoms with E-state index in [-0.39, 0.29) is 17.5 Å². The van der Waals surface area contributed by atoms with Gasteiger partial charge in [-0.15, -0.1) is 0 Å². The lowest BCUT2D eigenvalue weighted by molar-refractivity contribution is -0.228. The number of hydrogen-bond acceptors (Lipinski definition) is 8. The van der Waals surface area contributed by atoms with Gasteiger partial charge in [-0.25, -0.2) is 0 Å². The van der Waals surface area contributed by atoms with Gasteiger partial charge in [-0.1, -0.05) is 12.1 Å². The van der Waals surface area contributed by atoms with Gasteiger partial charge in [0.15, 0.2) is 11.2 Å². The Kier molecular flexibility index (Phi) is 3.94. The van der Waals surface area contributed by atoms with E-state index in [4.69, 9.17) is 4.74 Å². The fourth-order valence-electron chi connectivity index (χ4n) is 3.66. The van der Waals surface area contributed by atoms with E-state index in [1.54, 1.807) is 0 Å². The van der Waals surface area contributed by atoms with Gasteiger partial charge >= 0.3 is 5.97 Å². The van der Waals surface area contributed by atoms with Gasteiger partial charge in [0.05, 0.1) is 31.3 Å². The van der Waals surface area contributed by atoms with E-state index >= 15 is 0 Å². The first-order chi connectivity index (χ1) is 11.7. The van der Waals surface area contributed by atoms with E-state index in [0.29, 0.717) is 0 Å². The van der Waals surface area contributed by atoms with Gasteiger partial charge in [-0.2, -0.15) is 0 Å². The van der Waals surface area contributed by atoms with Crippen LogP contribution in [0, 0.1) is 0 Å². The van der Waals surface area contributed by atoms with Crippen LogP contribution >= 0.6 is 0 Å². The molecular formula is C17H18O8. The molecule has 2 aliphatic rings. The number of Topliss-reactive ketones (excluding diaryl/α,β-unsaturated/α-hetero) is 2. The van der Waals surface area contributed by atoms with Crippen LogP contribution in [-0.2, 0) is 14.3 Å². The summed E-state index contributed by atoms with van der Waals surface area (Å²) in [5, 5.41) is 32.0. The number of carbonyl (C=O) groups is 3. The maximum absolute atomic E-state index is 12.9. The minimum atomic E-state index is -2.52. The summed E-state index contributed by atoms with van der Waals surface area (Å²) in [5.74, 6) is -2.98. The Bertz CT molecular complexity index is 772. The second kappa shape index (κ2) is 5.62. The summed E-state index contributed by atoms with van der Waals surface area (Å²) >= 11 is 0. The Morgan fingerprint density at radius 1 is 1.32 bits per heavy atom. The molecule has 0 aromatic heterocycles. The zero-order valence-electron chi connectivity index (χ0n) is 13.7. The van der Waals surface area contributed by atoms with Crippen LogP contribution in [0.4, 0.5) is 0 Å². The van der Waals surface area contributed by atoms with Crippen molar-refractivity contribution >= 4 is 17.5 Å². The number of fused-ring (bicyclic) bond motifs is 2. The number of benzene rings is 1. The second-order valence-corrected chi connectivity index (χ2v) is 6.37. The van der Waals surface area contributed by atoms with Crippen molar-refractivity contribution in [3.05, 3.63) is 29.3 Å². The summed E-state index contributed by atoms with van der Waals surface area (Å²) < 4.78 is 10.1. The summed E-state index contributed by atoms with van der Waals surface area (Å²) in [4.78, 5) is 37.2. The predicted molar refractivity (Wildman–Crippen MR) is 82.3 cm³/mol. The van der Waals surface area contributed by atoms with Gasteiger partial charge in [0, 0.05) is 12.0 Å². The lowest BCUT2D eigenvalue weighted by Crippen LogP contribution is -2.75. The maximum Gasteiger partial charge on any atom is 0.308 e. The molecule has 0 saturated carbocycles. The van der Waals surface area contributed by atoms with Crippen LogP contribution < -0.4 is 0 Å². The standard InChI is InChI=1S/C17H18O8/c1-8-17(23)14(20)10-4-3-5-11(18)13(10)15(21)16(17,22)7-9(25-8)6-12(19)24-2/h3-5,8-9,18,22-23H,6-7H2,1-2H3/t8-,9+,16-,17-/m0/s1. The van der Waals surface area contributed by atoms with E-state index in [1.807, 2.05) is 0 Å². The molecule has 0 radical (unpaired) electrons. The molecule has 0 amide bonds.